The number of hydrogen-bond acceptors (Lipinski definition) is 4. The zero-order valence-corrected chi connectivity index (χ0v) is 16.8. The lowest BCUT2D eigenvalue weighted by molar-refractivity contribution is -0.137. The third-order valence-electron chi connectivity index (χ3n) is 5.17. The van der Waals surface area contributed by atoms with Crippen molar-refractivity contribution in [1.82, 2.24) is 20.9 Å². The average Bonchev–Trinajstić information content (AvgIpc) is 2.74. The molecule has 1 aliphatic carbocycles. The summed E-state index contributed by atoms with van der Waals surface area (Å²) in [5, 5.41) is 8.18. The van der Waals surface area contributed by atoms with Crippen LogP contribution in [0, 0.1) is 11.3 Å². The van der Waals surface area contributed by atoms with Crippen LogP contribution < -0.4 is 16.0 Å². The predicted octanol–water partition coefficient (Wildman–Crippen LogP) is 1.16. The number of hydrogen-bond donors (Lipinski definition) is 3. The van der Waals surface area contributed by atoms with Crippen LogP contribution in [-0.2, 0) is 14.4 Å². The number of amides is 5. The first-order chi connectivity index (χ1) is 12.6. The van der Waals surface area contributed by atoms with Crippen LogP contribution >= 0.6 is 0 Å². The molecule has 8 nitrogen and oxygen atoms in total. The summed E-state index contributed by atoms with van der Waals surface area (Å²) in [6, 6.07) is -0.513. The van der Waals surface area contributed by atoms with Gasteiger partial charge in [0.15, 0.2) is 0 Å². The molecule has 0 aromatic rings. The van der Waals surface area contributed by atoms with Gasteiger partial charge in [-0.3, -0.25) is 19.3 Å². The zero-order chi connectivity index (χ0) is 20.2. The smallest absolute Gasteiger partial charge is 0.325 e. The summed E-state index contributed by atoms with van der Waals surface area (Å²) in [6.45, 7) is 8.70. The van der Waals surface area contributed by atoms with Gasteiger partial charge in [-0.2, -0.15) is 0 Å². The van der Waals surface area contributed by atoms with Gasteiger partial charge in [0.2, 0.25) is 11.8 Å². The lowest BCUT2D eigenvalue weighted by Gasteiger charge is -2.43. The molecule has 1 spiro atoms. The van der Waals surface area contributed by atoms with E-state index in [1.807, 2.05) is 6.92 Å². The van der Waals surface area contributed by atoms with Crippen LogP contribution in [0.15, 0.2) is 0 Å². The van der Waals surface area contributed by atoms with Gasteiger partial charge in [-0.25, -0.2) is 4.79 Å². The molecule has 2 fully saturated rings. The fraction of sp³-hybridized carbons (Fsp3) is 0.789. The summed E-state index contributed by atoms with van der Waals surface area (Å²) in [7, 11) is 0. The van der Waals surface area contributed by atoms with Crippen molar-refractivity contribution < 1.29 is 19.2 Å². The second kappa shape index (κ2) is 8.27. The number of carbonyl (C=O) groups excluding carboxylic acids is 4. The number of urea groups is 1. The highest BCUT2D eigenvalue weighted by molar-refractivity contribution is 6.09. The molecule has 2 atom stereocenters. The van der Waals surface area contributed by atoms with Gasteiger partial charge in [0.25, 0.3) is 5.91 Å². The fourth-order valence-corrected chi connectivity index (χ4v) is 4.52. The Morgan fingerprint density at radius 1 is 1.15 bits per heavy atom. The third-order valence-corrected chi connectivity index (χ3v) is 5.17. The van der Waals surface area contributed by atoms with E-state index in [-0.39, 0.29) is 36.7 Å². The van der Waals surface area contributed by atoms with Crippen LogP contribution in [-0.4, -0.2) is 53.8 Å². The van der Waals surface area contributed by atoms with Crippen molar-refractivity contribution in [2.75, 3.05) is 19.6 Å². The lowest BCUT2D eigenvalue weighted by Crippen LogP contribution is -2.54. The summed E-state index contributed by atoms with van der Waals surface area (Å²) in [4.78, 5) is 50.0. The van der Waals surface area contributed by atoms with Crippen LogP contribution in [0.25, 0.3) is 0 Å². The molecule has 5 amide bonds. The highest BCUT2D eigenvalue weighted by atomic mass is 16.2. The Hall–Kier alpha value is -2.12. The normalized spacial score (nSPS) is 26.8. The molecule has 3 N–H and O–H groups in total. The van der Waals surface area contributed by atoms with E-state index >= 15 is 0 Å². The Morgan fingerprint density at radius 3 is 2.44 bits per heavy atom. The molecule has 27 heavy (non-hydrogen) atoms. The quantitative estimate of drug-likeness (QED) is 0.576. The summed E-state index contributed by atoms with van der Waals surface area (Å²) in [5.41, 5.74) is -0.955. The number of nitrogens with zero attached hydrogens (tertiary/aromatic N) is 1. The van der Waals surface area contributed by atoms with Gasteiger partial charge in [0, 0.05) is 19.5 Å². The van der Waals surface area contributed by atoms with Crippen molar-refractivity contribution in [2.24, 2.45) is 11.3 Å². The number of nitrogens with one attached hydrogen (secondary N) is 3. The van der Waals surface area contributed by atoms with Gasteiger partial charge in [-0.15, -0.1) is 0 Å². The minimum Gasteiger partial charge on any atom is -0.356 e. The molecule has 0 aromatic carbocycles. The predicted molar refractivity (Wildman–Crippen MR) is 101 cm³/mol. The molecule has 2 rings (SSSR count). The topological polar surface area (TPSA) is 108 Å². The highest BCUT2D eigenvalue weighted by Gasteiger charge is 2.56. The van der Waals surface area contributed by atoms with E-state index in [0.717, 1.165) is 17.7 Å². The van der Waals surface area contributed by atoms with Crippen molar-refractivity contribution in [3.63, 3.8) is 0 Å². The van der Waals surface area contributed by atoms with Gasteiger partial charge >= 0.3 is 6.03 Å². The summed E-state index contributed by atoms with van der Waals surface area (Å²) in [6.07, 6.45) is 3.18. The number of carbonyl (C=O) groups is 4. The molecule has 0 aromatic heterocycles. The lowest BCUT2D eigenvalue weighted by atomic mass is 9.64. The maximum Gasteiger partial charge on any atom is 0.325 e. The largest absolute Gasteiger partial charge is 0.356 e. The standard InChI is InChI=1S/C19H32N4O4/c1-5-7-20-14(24)6-8-21-15(25)11-23-16(26)19(22-17(23)27)10-13(2)9-18(3,4)12-19/h13H,5-12H2,1-4H3,(H,20,24)(H,21,25)(H,22,27). The average molecular weight is 380 g/mol. The summed E-state index contributed by atoms with van der Waals surface area (Å²) >= 11 is 0. The van der Waals surface area contributed by atoms with Crippen molar-refractivity contribution >= 4 is 23.8 Å². The van der Waals surface area contributed by atoms with Crippen molar-refractivity contribution in [3.05, 3.63) is 0 Å². The van der Waals surface area contributed by atoms with Crippen molar-refractivity contribution in [2.45, 2.75) is 65.3 Å². The second-order valence-corrected chi connectivity index (χ2v) is 8.71. The Kier molecular flexibility index (Phi) is 6.49. The molecule has 1 saturated heterocycles. The Labute approximate surface area is 160 Å². The van der Waals surface area contributed by atoms with Crippen LogP contribution in [0.4, 0.5) is 4.79 Å². The van der Waals surface area contributed by atoms with Crippen molar-refractivity contribution in [3.8, 4) is 0 Å². The first-order valence-electron chi connectivity index (χ1n) is 9.76. The minimum absolute atomic E-state index is 0.0509. The van der Waals surface area contributed by atoms with Crippen LogP contribution in [0.2, 0.25) is 0 Å². The van der Waals surface area contributed by atoms with E-state index in [4.69, 9.17) is 0 Å². The van der Waals surface area contributed by atoms with E-state index in [1.165, 1.54) is 0 Å². The van der Waals surface area contributed by atoms with E-state index in [2.05, 4.69) is 36.7 Å². The summed E-state index contributed by atoms with van der Waals surface area (Å²) < 4.78 is 0. The molecule has 0 bridgehead atoms. The van der Waals surface area contributed by atoms with Gasteiger partial charge in [0.05, 0.1) is 0 Å². The molecular weight excluding hydrogens is 348 g/mol. The number of imide groups is 1. The Morgan fingerprint density at radius 2 is 1.81 bits per heavy atom. The maximum absolute atomic E-state index is 13.0. The maximum atomic E-state index is 13.0. The molecule has 1 saturated carbocycles. The molecule has 8 heteroatoms. The van der Waals surface area contributed by atoms with Gasteiger partial charge < -0.3 is 16.0 Å². The minimum atomic E-state index is -0.904. The molecule has 2 aliphatic rings. The van der Waals surface area contributed by atoms with E-state index in [0.29, 0.717) is 25.3 Å². The first kappa shape index (κ1) is 21.2. The van der Waals surface area contributed by atoms with E-state index in [1.54, 1.807) is 0 Å². The van der Waals surface area contributed by atoms with E-state index < -0.39 is 17.5 Å². The van der Waals surface area contributed by atoms with Gasteiger partial charge in [-0.05, 0) is 37.0 Å². The third kappa shape index (κ3) is 5.20. The number of rotatable bonds is 7. The molecule has 152 valence electrons. The van der Waals surface area contributed by atoms with Crippen LogP contribution in [0.3, 0.4) is 0 Å². The first-order valence-corrected chi connectivity index (χ1v) is 9.76. The molecule has 1 aliphatic heterocycles. The zero-order valence-electron chi connectivity index (χ0n) is 16.8. The van der Waals surface area contributed by atoms with Gasteiger partial charge in [0.1, 0.15) is 12.1 Å². The van der Waals surface area contributed by atoms with Crippen LogP contribution in [0.1, 0.15) is 59.8 Å². The monoisotopic (exact) mass is 380 g/mol. The fourth-order valence-electron chi connectivity index (χ4n) is 4.52. The molecule has 1 heterocycles. The van der Waals surface area contributed by atoms with E-state index in [9.17, 15) is 19.2 Å². The molecular formula is C19H32N4O4. The highest BCUT2D eigenvalue weighted by Crippen LogP contribution is 2.46. The Balaban J connectivity index is 1.90. The van der Waals surface area contributed by atoms with Gasteiger partial charge in [-0.1, -0.05) is 27.7 Å². The van der Waals surface area contributed by atoms with Crippen LogP contribution in [0.5, 0.6) is 0 Å². The summed E-state index contributed by atoms with van der Waals surface area (Å²) in [5.74, 6) is -0.581. The Bertz CT molecular complexity index is 619. The molecule has 2 unspecified atom stereocenters. The van der Waals surface area contributed by atoms with Crippen molar-refractivity contribution in [1.29, 1.82) is 0 Å². The molecule has 0 radical (unpaired) electrons. The SMILES string of the molecule is CCCNC(=O)CCNC(=O)CN1C(=O)NC2(CC(C)CC(C)(C)C2)C1=O. The second-order valence-electron chi connectivity index (χ2n) is 8.71.